The fourth-order valence-electron chi connectivity index (χ4n) is 2.68. The topological polar surface area (TPSA) is 23.5 Å². The number of hydrogen-bond acceptors (Lipinski definition) is 2. The maximum Gasteiger partial charge on any atom is 0.0789 e. The summed E-state index contributed by atoms with van der Waals surface area (Å²) in [4.78, 5) is 2.42. The second kappa shape index (κ2) is 3.58. The lowest BCUT2D eigenvalue weighted by molar-refractivity contribution is -0.00715. The van der Waals surface area contributed by atoms with Crippen LogP contribution in [0.4, 0.5) is 0 Å². The van der Waals surface area contributed by atoms with Gasteiger partial charge in [-0.05, 0) is 33.1 Å². The van der Waals surface area contributed by atoms with Gasteiger partial charge in [0.2, 0.25) is 0 Å². The third-order valence-corrected chi connectivity index (χ3v) is 3.17. The summed E-state index contributed by atoms with van der Waals surface area (Å²) in [6.07, 6.45) is 0.911. The largest absolute Gasteiger partial charge is 0.388 e. The number of aliphatic hydroxyl groups is 1. The van der Waals surface area contributed by atoms with Gasteiger partial charge in [0.15, 0.2) is 0 Å². The molecule has 0 aromatic heterocycles. The van der Waals surface area contributed by atoms with E-state index in [-0.39, 0.29) is 0 Å². The molecule has 2 nitrogen and oxygen atoms in total. The second-order valence-corrected chi connectivity index (χ2v) is 5.13. The molecule has 2 unspecified atom stereocenters. The molecule has 1 heterocycles. The Morgan fingerprint density at radius 2 is 1.85 bits per heavy atom. The third-order valence-electron chi connectivity index (χ3n) is 3.17. The van der Waals surface area contributed by atoms with E-state index in [0.29, 0.717) is 18.0 Å². The van der Waals surface area contributed by atoms with Crippen LogP contribution in [0.1, 0.15) is 41.0 Å². The molecular formula is C11H23NO. The molecule has 1 saturated heterocycles. The summed E-state index contributed by atoms with van der Waals surface area (Å²) in [5.41, 5.74) is -0.488. The van der Waals surface area contributed by atoms with E-state index in [2.05, 4.69) is 32.6 Å². The molecule has 1 rings (SSSR count). The molecule has 0 saturated carbocycles. The molecule has 13 heavy (non-hydrogen) atoms. The molecule has 1 fully saturated rings. The van der Waals surface area contributed by atoms with Crippen molar-refractivity contribution in [3.05, 3.63) is 0 Å². The van der Waals surface area contributed by atoms with Crippen LogP contribution in [0.3, 0.4) is 0 Å². The Balaban J connectivity index is 2.80. The standard InChI is InChI=1S/C11H23NO/c1-8(2)10-11(5,13)6-7-12(10)9(3)4/h8-10,13H,6-7H2,1-5H3. The minimum absolute atomic E-state index is 0.326. The van der Waals surface area contributed by atoms with Crippen LogP contribution in [-0.4, -0.2) is 34.2 Å². The maximum absolute atomic E-state index is 10.2. The van der Waals surface area contributed by atoms with Gasteiger partial charge in [-0.25, -0.2) is 0 Å². The Kier molecular flexibility index (Phi) is 3.03. The lowest BCUT2D eigenvalue weighted by Gasteiger charge is -2.36. The predicted molar refractivity (Wildman–Crippen MR) is 55.7 cm³/mol. The summed E-state index contributed by atoms with van der Waals surface area (Å²) >= 11 is 0. The van der Waals surface area contributed by atoms with E-state index in [9.17, 15) is 5.11 Å². The van der Waals surface area contributed by atoms with E-state index < -0.39 is 5.60 Å². The molecule has 1 N–H and O–H groups in total. The first-order valence-electron chi connectivity index (χ1n) is 5.34. The van der Waals surface area contributed by atoms with Crippen LogP contribution in [0.2, 0.25) is 0 Å². The second-order valence-electron chi connectivity index (χ2n) is 5.13. The van der Waals surface area contributed by atoms with E-state index >= 15 is 0 Å². The van der Waals surface area contributed by atoms with Crippen molar-refractivity contribution in [1.82, 2.24) is 4.90 Å². The lowest BCUT2D eigenvalue weighted by atomic mass is 9.88. The Morgan fingerprint density at radius 1 is 1.31 bits per heavy atom. The van der Waals surface area contributed by atoms with Crippen molar-refractivity contribution in [3.63, 3.8) is 0 Å². The highest BCUT2D eigenvalue weighted by Gasteiger charge is 2.44. The summed E-state index contributed by atoms with van der Waals surface area (Å²) in [6, 6.07) is 0.869. The highest BCUT2D eigenvalue weighted by molar-refractivity contribution is 4.99. The van der Waals surface area contributed by atoms with Gasteiger partial charge in [-0.3, -0.25) is 4.90 Å². The number of likely N-dealkylation sites (tertiary alicyclic amines) is 1. The molecule has 2 heteroatoms. The van der Waals surface area contributed by atoms with Crippen molar-refractivity contribution in [1.29, 1.82) is 0 Å². The molecule has 0 bridgehead atoms. The van der Waals surface area contributed by atoms with Crippen LogP contribution >= 0.6 is 0 Å². The highest BCUT2D eigenvalue weighted by Crippen LogP contribution is 2.34. The van der Waals surface area contributed by atoms with Crippen LogP contribution in [0.5, 0.6) is 0 Å². The lowest BCUT2D eigenvalue weighted by Crippen LogP contribution is -2.48. The van der Waals surface area contributed by atoms with Crippen molar-refractivity contribution in [2.45, 2.75) is 58.7 Å². The molecule has 78 valence electrons. The SMILES string of the molecule is CC(C)C1N(C(C)C)CCC1(C)O. The molecule has 0 amide bonds. The zero-order chi connectivity index (χ0) is 10.2. The molecule has 2 atom stereocenters. The predicted octanol–water partition coefficient (Wildman–Crippen LogP) is 1.88. The minimum Gasteiger partial charge on any atom is -0.388 e. The first-order chi connectivity index (χ1) is 5.86. The molecule has 0 aromatic carbocycles. The van der Waals surface area contributed by atoms with Gasteiger partial charge in [-0.1, -0.05) is 13.8 Å². The van der Waals surface area contributed by atoms with E-state index in [1.54, 1.807) is 0 Å². The average Bonchev–Trinajstić information content (AvgIpc) is 2.24. The van der Waals surface area contributed by atoms with E-state index in [1.807, 2.05) is 6.92 Å². The smallest absolute Gasteiger partial charge is 0.0789 e. The van der Waals surface area contributed by atoms with Crippen LogP contribution in [-0.2, 0) is 0 Å². The quantitative estimate of drug-likeness (QED) is 0.710. The van der Waals surface area contributed by atoms with Gasteiger partial charge in [0.05, 0.1) is 5.60 Å². The van der Waals surface area contributed by atoms with Gasteiger partial charge in [-0.2, -0.15) is 0 Å². The molecule has 1 aliphatic rings. The molecule has 0 radical (unpaired) electrons. The summed E-state index contributed by atoms with van der Waals surface area (Å²) < 4.78 is 0. The monoisotopic (exact) mass is 185 g/mol. The van der Waals surface area contributed by atoms with E-state index in [0.717, 1.165) is 13.0 Å². The Labute approximate surface area is 81.9 Å². The first kappa shape index (κ1) is 11.0. The number of hydrogen-bond donors (Lipinski definition) is 1. The van der Waals surface area contributed by atoms with Crippen molar-refractivity contribution in [2.75, 3.05) is 6.54 Å². The fourth-order valence-corrected chi connectivity index (χ4v) is 2.68. The molecular weight excluding hydrogens is 162 g/mol. The van der Waals surface area contributed by atoms with Gasteiger partial charge in [0.25, 0.3) is 0 Å². The van der Waals surface area contributed by atoms with Crippen LogP contribution in [0, 0.1) is 5.92 Å². The highest BCUT2D eigenvalue weighted by atomic mass is 16.3. The van der Waals surface area contributed by atoms with Crippen molar-refractivity contribution < 1.29 is 5.11 Å². The normalized spacial score (nSPS) is 36.5. The van der Waals surface area contributed by atoms with Crippen LogP contribution in [0.25, 0.3) is 0 Å². The van der Waals surface area contributed by atoms with Crippen molar-refractivity contribution >= 4 is 0 Å². The Morgan fingerprint density at radius 3 is 2.15 bits per heavy atom. The van der Waals surface area contributed by atoms with Crippen LogP contribution in [0.15, 0.2) is 0 Å². The zero-order valence-corrected chi connectivity index (χ0v) is 9.54. The first-order valence-corrected chi connectivity index (χ1v) is 5.34. The third kappa shape index (κ3) is 2.05. The Bertz CT molecular complexity index is 175. The van der Waals surface area contributed by atoms with Gasteiger partial charge in [0.1, 0.15) is 0 Å². The van der Waals surface area contributed by atoms with Gasteiger partial charge in [0, 0.05) is 18.6 Å². The molecule has 0 aromatic rings. The minimum atomic E-state index is -0.488. The summed E-state index contributed by atoms with van der Waals surface area (Å²) in [5, 5.41) is 10.2. The van der Waals surface area contributed by atoms with E-state index in [4.69, 9.17) is 0 Å². The molecule has 0 spiro atoms. The Hall–Kier alpha value is -0.0800. The summed E-state index contributed by atoms with van der Waals surface area (Å²) in [6.45, 7) is 11.8. The maximum atomic E-state index is 10.2. The zero-order valence-electron chi connectivity index (χ0n) is 9.54. The summed E-state index contributed by atoms with van der Waals surface area (Å²) in [7, 11) is 0. The number of rotatable bonds is 2. The number of nitrogens with zero attached hydrogens (tertiary/aromatic N) is 1. The van der Waals surface area contributed by atoms with Gasteiger partial charge in [-0.15, -0.1) is 0 Å². The van der Waals surface area contributed by atoms with Crippen molar-refractivity contribution in [2.24, 2.45) is 5.92 Å². The van der Waals surface area contributed by atoms with Crippen molar-refractivity contribution in [3.8, 4) is 0 Å². The molecule has 0 aliphatic carbocycles. The summed E-state index contributed by atoms with van der Waals surface area (Å²) in [5.74, 6) is 0.528. The average molecular weight is 185 g/mol. The van der Waals surface area contributed by atoms with E-state index in [1.165, 1.54) is 0 Å². The van der Waals surface area contributed by atoms with Gasteiger partial charge >= 0.3 is 0 Å². The fraction of sp³-hybridized carbons (Fsp3) is 1.00. The van der Waals surface area contributed by atoms with Crippen LogP contribution < -0.4 is 0 Å². The molecule has 1 aliphatic heterocycles. The van der Waals surface area contributed by atoms with Gasteiger partial charge < -0.3 is 5.11 Å².